The highest BCUT2D eigenvalue weighted by atomic mass is 15.3. The van der Waals surface area contributed by atoms with Crippen LogP contribution in [-0.4, -0.2) is 40.4 Å². The molecule has 1 N–H and O–H groups in total. The Kier molecular flexibility index (Phi) is 4.78. The quantitative estimate of drug-likeness (QED) is 0.838. The second-order valence-electron chi connectivity index (χ2n) is 5.50. The summed E-state index contributed by atoms with van der Waals surface area (Å²) in [7, 11) is 0. The first-order chi connectivity index (χ1) is 8.69. The molecule has 0 amide bonds. The predicted molar refractivity (Wildman–Crippen MR) is 74.6 cm³/mol. The monoisotopic (exact) mass is 250 g/mol. The summed E-state index contributed by atoms with van der Waals surface area (Å²) in [5, 5.41) is 8.19. The highest BCUT2D eigenvalue weighted by Gasteiger charge is 2.17. The van der Waals surface area contributed by atoms with E-state index in [4.69, 9.17) is 0 Å². The third-order valence-corrected chi connectivity index (χ3v) is 3.67. The largest absolute Gasteiger partial charge is 0.313 e. The number of nitrogens with one attached hydrogen (secondary N) is 1. The smallest absolute Gasteiger partial charge is 0.0764 e. The maximum absolute atomic E-state index is 4.63. The van der Waals surface area contributed by atoms with Gasteiger partial charge in [-0.2, -0.15) is 5.10 Å². The van der Waals surface area contributed by atoms with Crippen molar-refractivity contribution >= 4 is 0 Å². The number of aromatic nitrogens is 2. The lowest BCUT2D eigenvalue weighted by atomic mass is 10.2. The molecule has 1 aliphatic heterocycles. The second-order valence-corrected chi connectivity index (χ2v) is 5.50. The molecule has 1 unspecified atom stereocenters. The van der Waals surface area contributed by atoms with Crippen LogP contribution in [0.25, 0.3) is 0 Å². The van der Waals surface area contributed by atoms with Gasteiger partial charge in [0.1, 0.15) is 0 Å². The van der Waals surface area contributed by atoms with Gasteiger partial charge in [-0.15, -0.1) is 0 Å². The second kappa shape index (κ2) is 6.34. The van der Waals surface area contributed by atoms with Crippen LogP contribution in [-0.2, 0) is 6.54 Å². The number of hydrogen-bond acceptors (Lipinski definition) is 3. The molecule has 4 nitrogen and oxygen atoms in total. The van der Waals surface area contributed by atoms with Gasteiger partial charge in [-0.1, -0.05) is 6.92 Å². The molecule has 1 aromatic heterocycles. The molecule has 102 valence electrons. The normalized spacial score (nSPS) is 20.2. The Morgan fingerprint density at radius 3 is 2.94 bits per heavy atom. The van der Waals surface area contributed by atoms with Crippen LogP contribution in [0.4, 0.5) is 0 Å². The summed E-state index contributed by atoms with van der Waals surface area (Å²) in [6.07, 6.45) is 4.72. The summed E-state index contributed by atoms with van der Waals surface area (Å²) in [5.41, 5.74) is 1.18. The van der Waals surface area contributed by atoms with E-state index in [-0.39, 0.29) is 0 Å². The Balaban J connectivity index is 1.88. The molecule has 0 radical (unpaired) electrons. The molecule has 0 bridgehead atoms. The lowest BCUT2D eigenvalue weighted by molar-refractivity contribution is 0.249. The van der Waals surface area contributed by atoms with E-state index >= 15 is 0 Å². The third kappa shape index (κ3) is 3.56. The molecule has 1 aromatic rings. The van der Waals surface area contributed by atoms with Crippen molar-refractivity contribution in [3.63, 3.8) is 0 Å². The Bertz CT molecular complexity index is 352. The molecular weight excluding hydrogens is 224 g/mol. The Morgan fingerprint density at radius 2 is 2.39 bits per heavy atom. The van der Waals surface area contributed by atoms with E-state index in [0.29, 0.717) is 12.1 Å². The topological polar surface area (TPSA) is 33.1 Å². The molecule has 1 saturated heterocycles. The van der Waals surface area contributed by atoms with E-state index in [0.717, 1.165) is 19.6 Å². The highest BCUT2D eigenvalue weighted by Crippen LogP contribution is 2.10. The number of likely N-dealkylation sites (N-methyl/N-ethyl adjacent to an activating group) is 1. The minimum atomic E-state index is 0.449. The maximum Gasteiger partial charge on any atom is 0.0764 e. The van der Waals surface area contributed by atoms with E-state index < -0.39 is 0 Å². The highest BCUT2D eigenvalue weighted by molar-refractivity contribution is 4.99. The number of hydrogen-bond donors (Lipinski definition) is 1. The van der Waals surface area contributed by atoms with E-state index in [1.54, 1.807) is 0 Å². The fourth-order valence-electron chi connectivity index (χ4n) is 2.51. The van der Waals surface area contributed by atoms with Crippen molar-refractivity contribution in [2.75, 3.05) is 19.6 Å². The lowest BCUT2D eigenvalue weighted by Crippen LogP contribution is -2.37. The van der Waals surface area contributed by atoms with Crippen LogP contribution in [0.2, 0.25) is 0 Å². The molecule has 0 aliphatic carbocycles. The summed E-state index contributed by atoms with van der Waals surface area (Å²) in [5.74, 6) is 0. The average molecular weight is 250 g/mol. The summed E-state index contributed by atoms with van der Waals surface area (Å²) in [4.78, 5) is 2.48. The van der Waals surface area contributed by atoms with Gasteiger partial charge in [0.05, 0.1) is 5.69 Å². The van der Waals surface area contributed by atoms with E-state index in [1.807, 2.05) is 4.68 Å². The first-order valence-electron chi connectivity index (χ1n) is 7.18. The summed E-state index contributed by atoms with van der Waals surface area (Å²) in [6, 6.07) is 3.27. The fourth-order valence-corrected chi connectivity index (χ4v) is 2.51. The molecule has 1 aliphatic rings. The Morgan fingerprint density at radius 1 is 1.56 bits per heavy atom. The summed E-state index contributed by atoms with van der Waals surface area (Å²) >= 11 is 0. The van der Waals surface area contributed by atoms with Crippen molar-refractivity contribution in [3.05, 3.63) is 18.0 Å². The molecule has 1 fully saturated rings. The summed E-state index contributed by atoms with van der Waals surface area (Å²) < 4.78 is 2.04. The van der Waals surface area contributed by atoms with Crippen LogP contribution in [0.15, 0.2) is 12.3 Å². The van der Waals surface area contributed by atoms with Crippen LogP contribution in [0.5, 0.6) is 0 Å². The van der Waals surface area contributed by atoms with Crippen molar-refractivity contribution < 1.29 is 0 Å². The van der Waals surface area contributed by atoms with Gasteiger partial charge in [0.25, 0.3) is 0 Å². The third-order valence-electron chi connectivity index (χ3n) is 3.67. The van der Waals surface area contributed by atoms with Crippen molar-refractivity contribution in [1.82, 2.24) is 20.0 Å². The van der Waals surface area contributed by atoms with Gasteiger partial charge in [0.2, 0.25) is 0 Å². The number of nitrogens with zero attached hydrogens (tertiary/aromatic N) is 3. The lowest BCUT2D eigenvalue weighted by Gasteiger charge is -2.23. The fraction of sp³-hybridized carbons (Fsp3) is 0.786. The molecule has 2 heterocycles. The SMILES string of the molecule is CCN(Cc1ccn(C(C)C)n1)CC1CCCN1. The molecule has 4 heteroatoms. The van der Waals surface area contributed by atoms with Crippen LogP contribution >= 0.6 is 0 Å². The average Bonchev–Trinajstić information content (AvgIpc) is 2.99. The minimum absolute atomic E-state index is 0.449. The molecule has 0 saturated carbocycles. The first-order valence-corrected chi connectivity index (χ1v) is 7.18. The standard InChI is InChI=1S/C14H26N4/c1-4-17(10-13-6-5-8-15-13)11-14-7-9-18(16-14)12(2)3/h7,9,12-13,15H,4-6,8,10-11H2,1-3H3. The van der Waals surface area contributed by atoms with Crippen LogP contribution in [0, 0.1) is 0 Å². The molecular formula is C14H26N4. The zero-order valence-electron chi connectivity index (χ0n) is 11.9. The molecule has 2 rings (SSSR count). The van der Waals surface area contributed by atoms with Gasteiger partial charge in [-0.05, 0) is 45.8 Å². The Labute approximate surface area is 110 Å². The van der Waals surface area contributed by atoms with Crippen molar-refractivity contribution in [2.24, 2.45) is 0 Å². The van der Waals surface area contributed by atoms with Crippen LogP contribution in [0.1, 0.15) is 45.3 Å². The van der Waals surface area contributed by atoms with Gasteiger partial charge >= 0.3 is 0 Å². The molecule has 0 aromatic carbocycles. The summed E-state index contributed by atoms with van der Waals surface area (Å²) in [6.45, 7) is 10.9. The van der Waals surface area contributed by atoms with Crippen LogP contribution in [0.3, 0.4) is 0 Å². The zero-order chi connectivity index (χ0) is 13.0. The first kappa shape index (κ1) is 13.6. The van der Waals surface area contributed by atoms with E-state index in [1.165, 1.54) is 25.1 Å². The van der Waals surface area contributed by atoms with E-state index in [2.05, 4.69) is 48.3 Å². The number of rotatable bonds is 6. The van der Waals surface area contributed by atoms with Gasteiger partial charge < -0.3 is 5.32 Å². The maximum atomic E-state index is 4.63. The van der Waals surface area contributed by atoms with Crippen molar-refractivity contribution in [2.45, 2.75) is 52.2 Å². The Hall–Kier alpha value is -0.870. The van der Waals surface area contributed by atoms with Gasteiger partial charge in [0.15, 0.2) is 0 Å². The zero-order valence-corrected chi connectivity index (χ0v) is 11.9. The van der Waals surface area contributed by atoms with Crippen molar-refractivity contribution in [1.29, 1.82) is 0 Å². The van der Waals surface area contributed by atoms with Gasteiger partial charge in [0, 0.05) is 31.4 Å². The minimum Gasteiger partial charge on any atom is -0.313 e. The van der Waals surface area contributed by atoms with Gasteiger partial charge in [-0.3, -0.25) is 9.58 Å². The molecule has 18 heavy (non-hydrogen) atoms. The van der Waals surface area contributed by atoms with Crippen LogP contribution < -0.4 is 5.32 Å². The predicted octanol–water partition coefficient (Wildman–Crippen LogP) is 2.04. The molecule has 1 atom stereocenters. The molecule has 0 spiro atoms. The van der Waals surface area contributed by atoms with E-state index in [9.17, 15) is 0 Å². The van der Waals surface area contributed by atoms with Gasteiger partial charge in [-0.25, -0.2) is 0 Å². The van der Waals surface area contributed by atoms with Crippen molar-refractivity contribution in [3.8, 4) is 0 Å².